The average Bonchev–Trinajstić information content (AvgIpc) is 3.19. The third kappa shape index (κ3) is 3.03. The van der Waals surface area contributed by atoms with Crippen LogP contribution >= 0.6 is 0 Å². The highest BCUT2D eigenvalue weighted by Gasteiger charge is 2.30. The van der Waals surface area contributed by atoms with Crippen LogP contribution in [0.3, 0.4) is 0 Å². The molecule has 0 spiro atoms. The summed E-state index contributed by atoms with van der Waals surface area (Å²) in [6.07, 6.45) is 1.94. The predicted octanol–water partition coefficient (Wildman–Crippen LogP) is 4.56. The van der Waals surface area contributed by atoms with Crippen LogP contribution in [-0.4, -0.2) is 16.9 Å². The molecular formula is C22H22N2O2. The number of aryl methyl sites for hydroxylation is 2. The molecule has 132 valence electrons. The van der Waals surface area contributed by atoms with E-state index in [-0.39, 0.29) is 11.9 Å². The molecule has 4 rings (SSSR count). The fourth-order valence-corrected chi connectivity index (χ4v) is 3.66. The average molecular weight is 346 g/mol. The summed E-state index contributed by atoms with van der Waals surface area (Å²) in [7, 11) is 0. The van der Waals surface area contributed by atoms with E-state index in [4.69, 9.17) is 4.42 Å². The maximum absolute atomic E-state index is 12.8. The minimum atomic E-state index is 0.145. The maximum Gasteiger partial charge on any atom is 0.227 e. The Morgan fingerprint density at radius 3 is 2.69 bits per heavy atom. The van der Waals surface area contributed by atoms with E-state index >= 15 is 0 Å². The van der Waals surface area contributed by atoms with Crippen LogP contribution in [0.2, 0.25) is 0 Å². The molecule has 2 heterocycles. The first-order valence-corrected chi connectivity index (χ1v) is 9.05. The lowest BCUT2D eigenvalue weighted by atomic mass is 10.1. The topological polar surface area (TPSA) is 46.3 Å². The lowest BCUT2D eigenvalue weighted by Gasteiger charge is -2.22. The summed E-state index contributed by atoms with van der Waals surface area (Å²) in [6, 6.07) is 18.2. The number of carbonyl (C=O) groups excluding carboxylic acids is 1. The Morgan fingerprint density at radius 2 is 1.88 bits per heavy atom. The Balaban J connectivity index is 1.48. The molecule has 0 aliphatic carbocycles. The molecule has 1 unspecified atom stereocenters. The molecule has 0 bridgehead atoms. The van der Waals surface area contributed by atoms with E-state index in [2.05, 4.69) is 18.0 Å². The fourth-order valence-electron chi connectivity index (χ4n) is 3.66. The molecule has 0 N–H and O–H groups in total. The second kappa shape index (κ2) is 6.79. The summed E-state index contributed by atoms with van der Waals surface area (Å²) in [5.41, 5.74) is 4.11. The van der Waals surface area contributed by atoms with Gasteiger partial charge in [0.1, 0.15) is 5.76 Å². The van der Waals surface area contributed by atoms with Crippen molar-refractivity contribution in [3.8, 4) is 11.5 Å². The van der Waals surface area contributed by atoms with Crippen LogP contribution < -0.4 is 4.90 Å². The van der Waals surface area contributed by atoms with E-state index in [0.29, 0.717) is 18.7 Å². The van der Waals surface area contributed by atoms with E-state index in [0.717, 1.165) is 29.1 Å². The Labute approximate surface area is 153 Å². The van der Waals surface area contributed by atoms with E-state index in [1.165, 1.54) is 5.56 Å². The number of hydrogen-bond acceptors (Lipinski definition) is 3. The van der Waals surface area contributed by atoms with Crippen LogP contribution in [0, 0.1) is 6.92 Å². The predicted molar refractivity (Wildman–Crippen MR) is 102 cm³/mol. The SMILES string of the molecule is Cc1oc(-c2ccccc2)nc1CCC(=O)N1c2ccccc2CC1C. The van der Waals surface area contributed by atoms with Gasteiger partial charge in [0.05, 0.1) is 5.69 Å². The van der Waals surface area contributed by atoms with Gasteiger partial charge in [-0.15, -0.1) is 0 Å². The molecule has 1 amide bonds. The smallest absolute Gasteiger partial charge is 0.227 e. The number of rotatable bonds is 4. The van der Waals surface area contributed by atoms with Crippen molar-refractivity contribution in [1.82, 2.24) is 4.98 Å². The summed E-state index contributed by atoms with van der Waals surface area (Å²) < 4.78 is 5.80. The molecule has 4 heteroatoms. The van der Waals surface area contributed by atoms with Crippen molar-refractivity contribution in [2.24, 2.45) is 0 Å². The largest absolute Gasteiger partial charge is 0.441 e. The molecule has 2 aromatic carbocycles. The number of amides is 1. The van der Waals surface area contributed by atoms with Gasteiger partial charge in [-0.3, -0.25) is 4.79 Å². The first kappa shape index (κ1) is 16.6. The third-order valence-electron chi connectivity index (χ3n) is 4.97. The molecule has 26 heavy (non-hydrogen) atoms. The van der Waals surface area contributed by atoms with Gasteiger partial charge in [0.2, 0.25) is 11.8 Å². The fraction of sp³-hybridized carbons (Fsp3) is 0.273. The lowest BCUT2D eigenvalue weighted by molar-refractivity contribution is -0.118. The van der Waals surface area contributed by atoms with Crippen molar-refractivity contribution in [3.63, 3.8) is 0 Å². The number of anilines is 1. The Hall–Kier alpha value is -2.88. The van der Waals surface area contributed by atoms with Crippen molar-refractivity contribution < 1.29 is 9.21 Å². The van der Waals surface area contributed by atoms with Crippen LogP contribution in [0.15, 0.2) is 59.0 Å². The molecular weight excluding hydrogens is 324 g/mol. The van der Waals surface area contributed by atoms with Crippen LogP contribution in [0.5, 0.6) is 0 Å². The zero-order valence-electron chi connectivity index (χ0n) is 15.1. The van der Waals surface area contributed by atoms with Gasteiger partial charge in [-0.2, -0.15) is 0 Å². The van der Waals surface area contributed by atoms with Gasteiger partial charge < -0.3 is 9.32 Å². The number of nitrogens with zero attached hydrogens (tertiary/aromatic N) is 2. The van der Waals surface area contributed by atoms with Gasteiger partial charge in [-0.05, 0) is 44.0 Å². The summed E-state index contributed by atoms with van der Waals surface area (Å²) in [5, 5.41) is 0. The quantitative estimate of drug-likeness (QED) is 0.696. The molecule has 0 saturated carbocycles. The molecule has 1 aliphatic heterocycles. The van der Waals surface area contributed by atoms with Crippen molar-refractivity contribution >= 4 is 11.6 Å². The number of hydrogen-bond donors (Lipinski definition) is 0. The highest BCUT2D eigenvalue weighted by molar-refractivity contribution is 5.96. The number of benzene rings is 2. The summed E-state index contributed by atoms with van der Waals surface area (Å²) in [4.78, 5) is 19.4. The van der Waals surface area contributed by atoms with Crippen LogP contribution in [0.25, 0.3) is 11.5 Å². The van der Waals surface area contributed by atoms with Gasteiger partial charge >= 0.3 is 0 Å². The summed E-state index contributed by atoms with van der Waals surface area (Å²) in [5.74, 6) is 1.54. The molecule has 3 aromatic rings. The van der Waals surface area contributed by atoms with E-state index < -0.39 is 0 Å². The molecule has 1 aliphatic rings. The number of oxazole rings is 1. The maximum atomic E-state index is 12.8. The lowest BCUT2D eigenvalue weighted by Crippen LogP contribution is -2.35. The zero-order chi connectivity index (χ0) is 18.1. The van der Waals surface area contributed by atoms with Crippen molar-refractivity contribution in [1.29, 1.82) is 0 Å². The highest BCUT2D eigenvalue weighted by Crippen LogP contribution is 2.32. The molecule has 1 atom stereocenters. The second-order valence-corrected chi connectivity index (χ2v) is 6.83. The van der Waals surface area contributed by atoms with E-state index in [1.807, 2.05) is 60.4 Å². The normalized spacial score (nSPS) is 15.9. The van der Waals surface area contributed by atoms with Gasteiger partial charge in [-0.1, -0.05) is 36.4 Å². The van der Waals surface area contributed by atoms with Crippen molar-refractivity contribution in [3.05, 3.63) is 71.6 Å². The van der Waals surface area contributed by atoms with Crippen LogP contribution in [0.4, 0.5) is 5.69 Å². The van der Waals surface area contributed by atoms with E-state index in [1.54, 1.807) is 0 Å². The van der Waals surface area contributed by atoms with Gasteiger partial charge in [0, 0.05) is 30.1 Å². The van der Waals surface area contributed by atoms with Gasteiger partial charge in [0.25, 0.3) is 0 Å². The summed E-state index contributed by atoms with van der Waals surface area (Å²) >= 11 is 0. The molecule has 0 radical (unpaired) electrons. The Kier molecular flexibility index (Phi) is 4.33. The molecule has 0 saturated heterocycles. The monoisotopic (exact) mass is 346 g/mol. The van der Waals surface area contributed by atoms with Gasteiger partial charge in [-0.25, -0.2) is 4.98 Å². The highest BCUT2D eigenvalue weighted by atomic mass is 16.4. The third-order valence-corrected chi connectivity index (χ3v) is 4.97. The minimum Gasteiger partial charge on any atom is -0.441 e. The molecule has 1 aromatic heterocycles. The Morgan fingerprint density at radius 1 is 1.15 bits per heavy atom. The van der Waals surface area contributed by atoms with Crippen molar-refractivity contribution in [2.75, 3.05) is 4.90 Å². The zero-order valence-corrected chi connectivity index (χ0v) is 15.1. The summed E-state index contributed by atoms with van der Waals surface area (Å²) in [6.45, 7) is 4.01. The van der Waals surface area contributed by atoms with Gasteiger partial charge in [0.15, 0.2) is 0 Å². The standard InChI is InChI=1S/C22H22N2O2/c1-15-14-18-10-6-7-11-20(18)24(15)21(25)13-12-19-16(2)26-22(23-19)17-8-4-3-5-9-17/h3-11,15H,12-14H2,1-2H3. The number of aromatic nitrogens is 1. The second-order valence-electron chi connectivity index (χ2n) is 6.83. The first-order chi connectivity index (χ1) is 12.6. The van der Waals surface area contributed by atoms with E-state index in [9.17, 15) is 4.79 Å². The van der Waals surface area contributed by atoms with Crippen LogP contribution in [0.1, 0.15) is 30.4 Å². The van der Waals surface area contributed by atoms with Crippen LogP contribution in [-0.2, 0) is 17.6 Å². The number of fused-ring (bicyclic) bond motifs is 1. The minimum absolute atomic E-state index is 0.145. The number of carbonyl (C=O) groups is 1. The number of para-hydroxylation sites is 1. The molecule has 4 nitrogen and oxygen atoms in total. The molecule has 0 fully saturated rings. The Bertz CT molecular complexity index is 930. The first-order valence-electron chi connectivity index (χ1n) is 9.05. The van der Waals surface area contributed by atoms with Crippen molar-refractivity contribution in [2.45, 2.75) is 39.2 Å².